The lowest BCUT2D eigenvalue weighted by atomic mass is 9.56. The van der Waals surface area contributed by atoms with Gasteiger partial charge in [0.05, 0.1) is 24.1 Å². The second-order valence-electron chi connectivity index (χ2n) is 12.7. The summed E-state index contributed by atoms with van der Waals surface area (Å²) in [4.78, 5) is 58.7. The molecule has 1 N–H and O–H groups in total. The summed E-state index contributed by atoms with van der Waals surface area (Å²) in [6.07, 6.45) is 2.07. The van der Waals surface area contributed by atoms with Crippen molar-refractivity contribution in [3.8, 4) is 17.2 Å². The minimum absolute atomic E-state index is 0.0856. The Morgan fingerprint density at radius 3 is 2.38 bits per heavy atom. The van der Waals surface area contributed by atoms with Crippen molar-refractivity contribution in [2.45, 2.75) is 28.5 Å². The number of hydrogen-bond donors (Lipinski definition) is 1. The van der Waals surface area contributed by atoms with Crippen LogP contribution >= 0.6 is 23.2 Å². The van der Waals surface area contributed by atoms with Crippen molar-refractivity contribution >= 4 is 63.6 Å². The van der Waals surface area contributed by atoms with Crippen LogP contribution in [0.4, 0.5) is 5.69 Å². The van der Waals surface area contributed by atoms with E-state index in [-0.39, 0.29) is 32.0 Å². The zero-order valence-electron chi connectivity index (χ0n) is 25.6. The SMILES string of the molecule is CN1C(=O)C2(Cl)CC3C(=CCC4C(=O)N(c5ccc(-c6nc7ccccc7o6)cc5)C(=O)C43)C(c3ccc(OCCO)cc3)C2(Cl)C1=O. The van der Waals surface area contributed by atoms with Gasteiger partial charge in [0, 0.05) is 18.5 Å². The first kappa shape index (κ1) is 30.8. The number of allylic oxidation sites excluding steroid dienone is 2. The molecule has 1 saturated carbocycles. The molecule has 3 heterocycles. The predicted molar refractivity (Wildman–Crippen MR) is 176 cm³/mol. The first-order chi connectivity index (χ1) is 23.1. The fraction of sp³-hybridized carbons (Fsp3) is 0.306. The van der Waals surface area contributed by atoms with Crippen LogP contribution in [0.5, 0.6) is 5.75 Å². The summed E-state index contributed by atoms with van der Waals surface area (Å²) >= 11 is 14.5. The van der Waals surface area contributed by atoms with Gasteiger partial charge in [-0.3, -0.25) is 29.0 Å². The van der Waals surface area contributed by atoms with Crippen molar-refractivity contribution in [3.63, 3.8) is 0 Å². The zero-order chi connectivity index (χ0) is 33.5. The molecule has 3 aromatic carbocycles. The molecule has 4 amide bonds. The molecule has 6 atom stereocenters. The summed E-state index contributed by atoms with van der Waals surface area (Å²) in [5.74, 6) is -4.05. The number of oxazole rings is 1. The maximum absolute atomic E-state index is 14.3. The van der Waals surface area contributed by atoms with Crippen LogP contribution in [0.2, 0.25) is 0 Å². The quantitative estimate of drug-likeness (QED) is 0.169. The number of aliphatic hydroxyl groups is 1. The number of imide groups is 2. The summed E-state index contributed by atoms with van der Waals surface area (Å²) in [5.41, 5.74) is 3.78. The number of ether oxygens (including phenoxy) is 1. The number of alkyl halides is 2. The normalized spacial score (nSPS) is 29.6. The summed E-state index contributed by atoms with van der Waals surface area (Å²) in [7, 11) is 1.36. The van der Waals surface area contributed by atoms with Crippen LogP contribution in [-0.4, -0.2) is 68.6 Å². The largest absolute Gasteiger partial charge is 0.491 e. The number of aromatic nitrogens is 1. The second kappa shape index (κ2) is 11.0. The Bertz CT molecular complexity index is 2010. The standard InChI is InChI=1S/C36H29Cl2N3O7/c1-40-33(45)35(37)18-25-23(29(36(35,38)34(40)46)19-8-12-22(13-9-19)47-17-16-42)14-15-24-28(25)32(44)41(31(24)43)21-10-6-20(7-11-21)30-39-26-4-2-3-5-27(26)48-30/h2-14,24-25,28-29,42H,15-18H2,1H3. The van der Waals surface area contributed by atoms with Crippen LogP contribution in [0.25, 0.3) is 22.6 Å². The average Bonchev–Trinajstić information content (AvgIpc) is 3.68. The Labute approximate surface area is 284 Å². The molecule has 4 aromatic rings. The number of likely N-dealkylation sites (tertiary alicyclic amines) is 1. The molecule has 1 aromatic heterocycles. The Hall–Kier alpha value is -4.51. The molecule has 2 aliphatic carbocycles. The Morgan fingerprint density at radius 1 is 0.938 bits per heavy atom. The lowest BCUT2D eigenvalue weighted by Crippen LogP contribution is -2.60. The number of halogens is 2. The van der Waals surface area contributed by atoms with Crippen LogP contribution in [0.3, 0.4) is 0 Å². The minimum Gasteiger partial charge on any atom is -0.491 e. The number of hydrogen-bond acceptors (Lipinski definition) is 8. The monoisotopic (exact) mass is 685 g/mol. The van der Waals surface area contributed by atoms with Gasteiger partial charge in [-0.25, -0.2) is 4.98 Å². The van der Waals surface area contributed by atoms with E-state index < -0.39 is 51.1 Å². The first-order valence-electron chi connectivity index (χ1n) is 15.7. The number of amides is 4. The molecule has 10 nitrogen and oxygen atoms in total. The highest BCUT2D eigenvalue weighted by atomic mass is 35.5. The third-order valence-electron chi connectivity index (χ3n) is 10.3. The molecular weight excluding hydrogens is 657 g/mol. The van der Waals surface area contributed by atoms with Gasteiger partial charge < -0.3 is 14.3 Å². The van der Waals surface area contributed by atoms with Crippen LogP contribution < -0.4 is 9.64 Å². The van der Waals surface area contributed by atoms with E-state index in [1.54, 1.807) is 48.5 Å². The minimum atomic E-state index is -1.87. The van der Waals surface area contributed by atoms with Gasteiger partial charge in [0.15, 0.2) is 15.3 Å². The molecule has 12 heteroatoms. The van der Waals surface area contributed by atoms with Gasteiger partial charge in [0.1, 0.15) is 17.9 Å². The smallest absolute Gasteiger partial charge is 0.253 e. The van der Waals surface area contributed by atoms with Gasteiger partial charge >= 0.3 is 0 Å². The number of anilines is 1. The Balaban J connectivity index is 1.16. The molecule has 0 bridgehead atoms. The summed E-state index contributed by atoms with van der Waals surface area (Å²) in [6, 6.07) is 21.2. The van der Waals surface area contributed by atoms with Crippen molar-refractivity contribution in [3.05, 3.63) is 90.0 Å². The van der Waals surface area contributed by atoms with E-state index in [2.05, 4.69) is 4.98 Å². The third-order valence-corrected chi connectivity index (χ3v) is 11.7. The van der Waals surface area contributed by atoms with E-state index in [0.717, 1.165) is 10.4 Å². The number of fused-ring (bicyclic) bond motifs is 5. The fourth-order valence-electron chi connectivity index (χ4n) is 8.04. The van der Waals surface area contributed by atoms with Crippen molar-refractivity contribution in [2.75, 3.05) is 25.2 Å². The number of benzene rings is 3. The number of para-hydroxylation sites is 2. The zero-order valence-corrected chi connectivity index (χ0v) is 27.1. The van der Waals surface area contributed by atoms with E-state index in [4.69, 9.17) is 37.5 Å². The van der Waals surface area contributed by atoms with Crippen molar-refractivity contribution in [1.29, 1.82) is 0 Å². The Morgan fingerprint density at radius 2 is 1.67 bits per heavy atom. The number of nitrogens with zero attached hydrogens (tertiary/aromatic N) is 3. The number of carbonyl (C=O) groups excluding carboxylic acids is 4. The van der Waals surface area contributed by atoms with Gasteiger partial charge in [0.25, 0.3) is 11.8 Å². The summed E-state index contributed by atoms with van der Waals surface area (Å²) in [6.45, 7) is -0.0519. The van der Waals surface area contributed by atoms with E-state index in [1.165, 1.54) is 11.9 Å². The summed E-state index contributed by atoms with van der Waals surface area (Å²) < 4.78 is 11.4. The molecule has 8 rings (SSSR count). The first-order valence-corrected chi connectivity index (χ1v) is 16.4. The highest BCUT2D eigenvalue weighted by Gasteiger charge is 2.75. The van der Waals surface area contributed by atoms with E-state index >= 15 is 0 Å². The predicted octanol–water partition coefficient (Wildman–Crippen LogP) is 5.06. The summed E-state index contributed by atoms with van der Waals surface area (Å²) in [5, 5.41) is 9.15. The van der Waals surface area contributed by atoms with Gasteiger partial charge in [0.2, 0.25) is 17.7 Å². The number of aliphatic hydroxyl groups excluding tert-OH is 1. The molecule has 2 saturated heterocycles. The van der Waals surface area contributed by atoms with E-state index in [9.17, 15) is 19.2 Å². The van der Waals surface area contributed by atoms with Gasteiger partial charge in [-0.15, -0.1) is 23.2 Å². The molecule has 3 fully saturated rings. The van der Waals surface area contributed by atoms with Crippen LogP contribution in [0.15, 0.2) is 88.9 Å². The second-order valence-corrected chi connectivity index (χ2v) is 13.9. The molecule has 6 unspecified atom stereocenters. The van der Waals surface area contributed by atoms with Crippen LogP contribution in [-0.2, 0) is 19.2 Å². The van der Waals surface area contributed by atoms with Gasteiger partial charge in [-0.2, -0.15) is 0 Å². The molecule has 2 aliphatic heterocycles. The highest BCUT2D eigenvalue weighted by molar-refractivity contribution is 6.53. The fourth-order valence-corrected chi connectivity index (χ4v) is 9.06. The molecular formula is C36H29Cl2N3O7. The topological polar surface area (TPSA) is 130 Å². The van der Waals surface area contributed by atoms with Crippen LogP contribution in [0, 0.1) is 17.8 Å². The van der Waals surface area contributed by atoms with Gasteiger partial charge in [-0.05, 0) is 72.9 Å². The van der Waals surface area contributed by atoms with Crippen molar-refractivity contribution in [1.82, 2.24) is 9.88 Å². The highest BCUT2D eigenvalue weighted by Crippen LogP contribution is 2.65. The maximum atomic E-state index is 14.3. The molecule has 0 spiro atoms. The molecule has 244 valence electrons. The molecule has 0 radical (unpaired) electrons. The lowest BCUT2D eigenvalue weighted by Gasteiger charge is -2.50. The van der Waals surface area contributed by atoms with E-state index in [1.807, 2.05) is 30.3 Å². The molecule has 48 heavy (non-hydrogen) atoms. The number of carbonyl (C=O) groups is 4. The molecule has 4 aliphatic rings. The number of rotatable bonds is 6. The van der Waals surface area contributed by atoms with E-state index in [0.29, 0.717) is 39.6 Å². The Kier molecular flexibility index (Phi) is 7.07. The van der Waals surface area contributed by atoms with Gasteiger partial charge in [-0.1, -0.05) is 35.9 Å². The third kappa shape index (κ3) is 4.18. The van der Waals surface area contributed by atoms with Crippen molar-refractivity contribution in [2.24, 2.45) is 17.8 Å². The average molecular weight is 687 g/mol. The van der Waals surface area contributed by atoms with Crippen molar-refractivity contribution < 1.29 is 33.4 Å². The van der Waals surface area contributed by atoms with Crippen LogP contribution in [0.1, 0.15) is 24.3 Å². The maximum Gasteiger partial charge on any atom is 0.253 e. The lowest BCUT2D eigenvalue weighted by molar-refractivity contribution is -0.138.